The Bertz CT molecular complexity index is 479. The first-order valence-corrected chi connectivity index (χ1v) is 7.71. The summed E-state index contributed by atoms with van der Waals surface area (Å²) in [6, 6.07) is 4.47. The summed E-state index contributed by atoms with van der Waals surface area (Å²) in [6.45, 7) is 11.4. The Hall–Kier alpha value is -1.35. The molecule has 20 heavy (non-hydrogen) atoms. The molecule has 0 radical (unpaired) electrons. The van der Waals surface area contributed by atoms with E-state index in [1.807, 2.05) is 6.92 Å². The highest BCUT2D eigenvalue weighted by atomic mass is 32.1. The summed E-state index contributed by atoms with van der Waals surface area (Å²) in [5.74, 6) is 0. The van der Waals surface area contributed by atoms with Gasteiger partial charge in [0.15, 0.2) is 5.11 Å². The van der Waals surface area contributed by atoms with Crippen LogP contribution in [0.15, 0.2) is 23.8 Å². The molecule has 0 heterocycles. The molecule has 1 aromatic carbocycles. The minimum Gasteiger partial charge on any atom is -0.359 e. The van der Waals surface area contributed by atoms with Gasteiger partial charge in [0.1, 0.15) is 0 Å². The molecule has 0 spiro atoms. The third-order valence-corrected chi connectivity index (χ3v) is 3.71. The lowest BCUT2D eigenvalue weighted by molar-refractivity contribution is 0.988. The molecule has 0 unspecified atom stereocenters. The van der Waals surface area contributed by atoms with E-state index in [1.165, 1.54) is 28.0 Å². The summed E-state index contributed by atoms with van der Waals surface area (Å²) in [4.78, 5) is 0. The van der Waals surface area contributed by atoms with Gasteiger partial charge < -0.3 is 10.6 Å². The normalized spacial score (nSPS) is 11.3. The van der Waals surface area contributed by atoms with Crippen LogP contribution >= 0.6 is 12.2 Å². The maximum absolute atomic E-state index is 5.40. The second-order valence-corrected chi connectivity index (χ2v) is 5.52. The standard InChI is InChI=1S/C17H26N2S/c1-6-12(4)11-18-17(20)19-16-14(7-2)9-13(5)10-15(16)8-3/h6,9-10H,7-8,11H2,1-5H3,(H2,18,19,20). The summed E-state index contributed by atoms with van der Waals surface area (Å²) in [6.07, 6.45) is 4.11. The van der Waals surface area contributed by atoms with Crippen LogP contribution in [0.3, 0.4) is 0 Å². The summed E-state index contributed by atoms with van der Waals surface area (Å²) >= 11 is 5.40. The van der Waals surface area contributed by atoms with Gasteiger partial charge in [0.05, 0.1) is 0 Å². The molecule has 3 heteroatoms. The van der Waals surface area contributed by atoms with Crippen molar-refractivity contribution in [2.45, 2.75) is 47.5 Å². The molecule has 0 saturated heterocycles. The Labute approximate surface area is 128 Å². The van der Waals surface area contributed by atoms with Crippen molar-refractivity contribution in [3.63, 3.8) is 0 Å². The fourth-order valence-electron chi connectivity index (χ4n) is 2.14. The third kappa shape index (κ3) is 4.64. The van der Waals surface area contributed by atoms with E-state index in [0.29, 0.717) is 5.11 Å². The number of anilines is 1. The molecule has 2 nitrogen and oxygen atoms in total. The second kappa shape index (κ2) is 8.05. The van der Waals surface area contributed by atoms with Gasteiger partial charge >= 0.3 is 0 Å². The first-order valence-electron chi connectivity index (χ1n) is 7.30. The third-order valence-electron chi connectivity index (χ3n) is 3.47. The van der Waals surface area contributed by atoms with E-state index in [1.54, 1.807) is 0 Å². The molecule has 0 aliphatic heterocycles. The van der Waals surface area contributed by atoms with Gasteiger partial charge in [-0.05, 0) is 57.0 Å². The Morgan fingerprint density at radius 2 is 1.75 bits per heavy atom. The summed E-state index contributed by atoms with van der Waals surface area (Å²) in [7, 11) is 0. The Morgan fingerprint density at radius 1 is 1.20 bits per heavy atom. The topological polar surface area (TPSA) is 24.1 Å². The number of benzene rings is 1. The number of aryl methyl sites for hydroxylation is 3. The van der Waals surface area contributed by atoms with Crippen molar-refractivity contribution in [3.8, 4) is 0 Å². The average molecular weight is 290 g/mol. The smallest absolute Gasteiger partial charge is 0.171 e. The Balaban J connectivity index is 2.88. The van der Waals surface area contributed by atoms with Gasteiger partial charge in [0, 0.05) is 12.2 Å². The van der Waals surface area contributed by atoms with Gasteiger partial charge in [-0.15, -0.1) is 0 Å². The molecular weight excluding hydrogens is 264 g/mol. The van der Waals surface area contributed by atoms with Crippen molar-refractivity contribution in [1.29, 1.82) is 0 Å². The van der Waals surface area contributed by atoms with E-state index >= 15 is 0 Å². The van der Waals surface area contributed by atoms with Crippen LogP contribution in [-0.4, -0.2) is 11.7 Å². The quantitative estimate of drug-likeness (QED) is 0.622. The van der Waals surface area contributed by atoms with E-state index in [9.17, 15) is 0 Å². The molecule has 110 valence electrons. The highest BCUT2D eigenvalue weighted by molar-refractivity contribution is 7.80. The lowest BCUT2D eigenvalue weighted by Crippen LogP contribution is -2.30. The second-order valence-electron chi connectivity index (χ2n) is 5.11. The number of hydrogen-bond acceptors (Lipinski definition) is 1. The maximum atomic E-state index is 5.40. The lowest BCUT2D eigenvalue weighted by Gasteiger charge is -2.18. The van der Waals surface area contributed by atoms with E-state index in [0.717, 1.165) is 19.4 Å². The molecule has 1 aromatic rings. The monoisotopic (exact) mass is 290 g/mol. The Morgan fingerprint density at radius 3 is 2.20 bits per heavy atom. The van der Waals surface area contributed by atoms with Crippen LogP contribution in [0.4, 0.5) is 5.69 Å². The van der Waals surface area contributed by atoms with Gasteiger partial charge in [-0.1, -0.05) is 43.2 Å². The zero-order chi connectivity index (χ0) is 15.1. The van der Waals surface area contributed by atoms with E-state index in [4.69, 9.17) is 12.2 Å². The van der Waals surface area contributed by atoms with Gasteiger partial charge in [0.25, 0.3) is 0 Å². The molecule has 2 N–H and O–H groups in total. The predicted octanol–water partition coefficient (Wildman–Crippen LogP) is 4.37. The van der Waals surface area contributed by atoms with Crippen LogP contribution in [0.5, 0.6) is 0 Å². The van der Waals surface area contributed by atoms with Crippen molar-refractivity contribution in [2.75, 3.05) is 11.9 Å². The van der Waals surface area contributed by atoms with Crippen LogP contribution < -0.4 is 10.6 Å². The number of nitrogens with one attached hydrogen (secondary N) is 2. The van der Waals surface area contributed by atoms with Gasteiger partial charge in [-0.25, -0.2) is 0 Å². The van der Waals surface area contributed by atoms with Crippen molar-refractivity contribution >= 4 is 23.0 Å². The molecule has 0 aromatic heterocycles. The van der Waals surface area contributed by atoms with E-state index in [2.05, 4.69) is 56.5 Å². The van der Waals surface area contributed by atoms with Crippen LogP contribution in [0.1, 0.15) is 44.4 Å². The highest BCUT2D eigenvalue weighted by Gasteiger charge is 2.09. The SMILES string of the molecule is CC=C(C)CNC(=S)Nc1c(CC)cc(C)cc1CC. The average Bonchev–Trinajstić information content (AvgIpc) is 2.45. The molecule has 0 bridgehead atoms. The van der Waals surface area contributed by atoms with E-state index < -0.39 is 0 Å². The van der Waals surface area contributed by atoms with Crippen molar-refractivity contribution < 1.29 is 0 Å². The first kappa shape index (κ1) is 16.7. The Kier molecular flexibility index (Phi) is 6.73. The summed E-state index contributed by atoms with van der Waals surface area (Å²) < 4.78 is 0. The van der Waals surface area contributed by atoms with Gasteiger partial charge in [-0.2, -0.15) is 0 Å². The minimum atomic E-state index is 0.694. The lowest BCUT2D eigenvalue weighted by atomic mass is 10.00. The molecule has 0 aliphatic carbocycles. The minimum absolute atomic E-state index is 0.694. The van der Waals surface area contributed by atoms with Crippen LogP contribution in [0.25, 0.3) is 0 Å². The van der Waals surface area contributed by atoms with Crippen molar-refractivity contribution in [3.05, 3.63) is 40.5 Å². The zero-order valence-corrected chi connectivity index (χ0v) is 14.1. The van der Waals surface area contributed by atoms with Crippen LogP contribution in [-0.2, 0) is 12.8 Å². The van der Waals surface area contributed by atoms with Gasteiger partial charge in [-0.3, -0.25) is 0 Å². The summed E-state index contributed by atoms with van der Waals surface area (Å²) in [5.41, 5.74) is 6.43. The van der Waals surface area contributed by atoms with Crippen LogP contribution in [0, 0.1) is 6.92 Å². The fraction of sp³-hybridized carbons (Fsp3) is 0.471. The number of thiocarbonyl (C=S) groups is 1. The zero-order valence-electron chi connectivity index (χ0n) is 13.3. The molecule has 1 rings (SSSR count). The van der Waals surface area contributed by atoms with Gasteiger partial charge in [0.2, 0.25) is 0 Å². The molecule has 0 amide bonds. The molecule has 0 fully saturated rings. The molecule has 0 aliphatic rings. The maximum Gasteiger partial charge on any atom is 0.171 e. The number of hydrogen-bond donors (Lipinski definition) is 2. The van der Waals surface area contributed by atoms with Crippen molar-refractivity contribution in [2.24, 2.45) is 0 Å². The largest absolute Gasteiger partial charge is 0.359 e. The van der Waals surface area contributed by atoms with Crippen LogP contribution in [0.2, 0.25) is 0 Å². The molecule has 0 saturated carbocycles. The van der Waals surface area contributed by atoms with Crippen molar-refractivity contribution in [1.82, 2.24) is 5.32 Å². The number of allylic oxidation sites excluding steroid dienone is 1. The highest BCUT2D eigenvalue weighted by Crippen LogP contribution is 2.24. The number of rotatable bonds is 5. The summed E-state index contributed by atoms with van der Waals surface area (Å²) in [5, 5.41) is 7.33. The molecular formula is C17H26N2S. The molecule has 0 atom stereocenters. The van der Waals surface area contributed by atoms with E-state index in [-0.39, 0.29) is 0 Å². The predicted molar refractivity (Wildman–Crippen MR) is 93.6 cm³/mol. The fourth-order valence-corrected chi connectivity index (χ4v) is 2.31. The first-order chi connectivity index (χ1) is 9.51.